The monoisotopic (exact) mass is 110 g/mol. The third kappa shape index (κ3) is 14.0. The molecule has 0 rings (SSSR count). The predicted molar refractivity (Wildman–Crippen MR) is 12.8 cm³/mol. The van der Waals surface area contributed by atoms with E-state index in [9.17, 15) is 0 Å². The summed E-state index contributed by atoms with van der Waals surface area (Å²) in [5, 5.41) is 7.45. The van der Waals surface area contributed by atoms with E-state index in [0.29, 0.717) is 0 Å². The number of hydrogen-bond acceptors (Lipinski definition) is 2. The Kier molecular flexibility index (Phi) is 15.9. The van der Waals surface area contributed by atoms with E-state index < -0.39 is 6.61 Å². The van der Waals surface area contributed by atoms with Gasteiger partial charge in [-0.1, -0.05) is 0 Å². The van der Waals surface area contributed by atoms with Crippen LogP contribution in [0.1, 0.15) is 0 Å². The fraction of sp³-hybridized carbons (Fsp3) is 0.500. The minimum Gasteiger partial charge on any atom is -0.388 e. The second-order valence-electron chi connectivity index (χ2n) is 0.302. The number of aliphatic hydroxyl groups excluding tert-OH is 1. The predicted octanol–water partition coefficient (Wildman–Crippen LogP) is -0.914. The average Bonchev–Trinajstić information content (AvgIpc) is 1.37. The van der Waals surface area contributed by atoms with Gasteiger partial charge in [0.2, 0.25) is 6.29 Å². The van der Waals surface area contributed by atoms with Crippen molar-refractivity contribution in [3.05, 3.63) is 0 Å². The first-order valence-corrected chi connectivity index (χ1v) is 0.874. The summed E-state index contributed by atoms with van der Waals surface area (Å²) in [7, 11) is 0. The second kappa shape index (κ2) is 8.88. The van der Waals surface area contributed by atoms with Crippen molar-refractivity contribution < 1.29 is 28.5 Å². The Balaban J connectivity index is 0. The summed E-state index contributed by atoms with van der Waals surface area (Å²) in [5.41, 5.74) is 0. The molecule has 0 saturated carbocycles. The Morgan fingerprint density at radius 3 is 2.00 bits per heavy atom. The van der Waals surface area contributed by atoms with Gasteiger partial charge in [0.1, 0.15) is 6.61 Å². The van der Waals surface area contributed by atoms with Gasteiger partial charge in [0, 0.05) is 18.6 Å². The molecule has 0 aromatic heterocycles. The molecule has 0 saturated heterocycles. The van der Waals surface area contributed by atoms with Gasteiger partial charge in [-0.2, -0.15) is 0 Å². The zero-order valence-corrected chi connectivity index (χ0v) is 3.91. The standard InChI is InChI=1S/C2H3O2.V/c3-1-2-4;/h3H,1H2;. The molecule has 1 N–H and O–H groups in total. The fourth-order valence-electron chi connectivity index (χ4n) is 0. The Morgan fingerprint density at radius 1 is 1.80 bits per heavy atom. The number of aliphatic hydroxyl groups is 1. The SMILES string of the molecule is O=[C]CO.[V]. The van der Waals surface area contributed by atoms with Crippen molar-refractivity contribution in [2.45, 2.75) is 0 Å². The van der Waals surface area contributed by atoms with Gasteiger partial charge < -0.3 is 5.11 Å². The average molecular weight is 110 g/mol. The van der Waals surface area contributed by atoms with Crippen molar-refractivity contribution in [1.29, 1.82) is 0 Å². The van der Waals surface area contributed by atoms with Gasteiger partial charge >= 0.3 is 0 Å². The molecule has 0 heterocycles. The van der Waals surface area contributed by atoms with Crippen LogP contribution in [0.3, 0.4) is 0 Å². The van der Waals surface area contributed by atoms with Gasteiger partial charge in [0.25, 0.3) is 0 Å². The van der Waals surface area contributed by atoms with Crippen LogP contribution in [0.2, 0.25) is 0 Å². The third-order valence-corrected chi connectivity index (χ3v) is 0.0645. The van der Waals surface area contributed by atoms with E-state index >= 15 is 0 Å². The molecule has 0 aliphatic carbocycles. The van der Waals surface area contributed by atoms with Crippen molar-refractivity contribution in [3.8, 4) is 0 Å². The summed E-state index contributed by atoms with van der Waals surface area (Å²) in [6, 6.07) is 0. The zero-order chi connectivity index (χ0) is 3.41. The van der Waals surface area contributed by atoms with Crippen LogP contribution in [0, 0.1) is 0 Å². The first-order chi connectivity index (χ1) is 1.91. The van der Waals surface area contributed by atoms with Crippen molar-refractivity contribution in [1.82, 2.24) is 0 Å². The largest absolute Gasteiger partial charge is 0.388 e. The maximum Gasteiger partial charge on any atom is 0.226 e. The second-order valence-corrected chi connectivity index (χ2v) is 0.302. The molecular formula is C2H3O2V. The van der Waals surface area contributed by atoms with Gasteiger partial charge in [-0.3, -0.25) is 4.79 Å². The minimum absolute atomic E-state index is 0. The Bertz CT molecular complexity index is 21.6. The number of carbonyl (C=O) groups excluding carboxylic acids is 1. The first kappa shape index (κ1) is 8.96. The van der Waals surface area contributed by atoms with E-state index in [2.05, 4.69) is 0 Å². The number of rotatable bonds is 1. The van der Waals surface area contributed by atoms with Crippen molar-refractivity contribution in [3.63, 3.8) is 0 Å². The van der Waals surface area contributed by atoms with E-state index in [1.165, 1.54) is 6.29 Å². The van der Waals surface area contributed by atoms with Crippen molar-refractivity contribution >= 4 is 6.29 Å². The molecule has 0 amide bonds. The minimum atomic E-state index is -0.486. The molecule has 2 radical (unpaired) electrons. The molecule has 0 atom stereocenters. The molecule has 0 aliphatic heterocycles. The topological polar surface area (TPSA) is 37.3 Å². The van der Waals surface area contributed by atoms with Gasteiger partial charge in [0.05, 0.1) is 0 Å². The molecule has 0 bridgehead atoms. The summed E-state index contributed by atoms with van der Waals surface area (Å²) in [4.78, 5) is 8.80. The van der Waals surface area contributed by atoms with Crippen molar-refractivity contribution in [2.24, 2.45) is 0 Å². The first-order valence-electron chi connectivity index (χ1n) is 0.874. The van der Waals surface area contributed by atoms with E-state index in [0.717, 1.165) is 0 Å². The van der Waals surface area contributed by atoms with Crippen LogP contribution < -0.4 is 0 Å². The smallest absolute Gasteiger partial charge is 0.226 e. The van der Waals surface area contributed by atoms with Crippen LogP contribution >= 0.6 is 0 Å². The van der Waals surface area contributed by atoms with E-state index in [1.54, 1.807) is 0 Å². The molecule has 0 aromatic carbocycles. The van der Waals surface area contributed by atoms with E-state index in [-0.39, 0.29) is 18.6 Å². The maximum atomic E-state index is 8.80. The molecule has 0 unspecified atom stereocenters. The molecular weight excluding hydrogens is 107 g/mol. The van der Waals surface area contributed by atoms with Crippen LogP contribution in [-0.4, -0.2) is 18.0 Å². The molecule has 0 aliphatic rings. The molecule has 3 heteroatoms. The molecule has 5 heavy (non-hydrogen) atoms. The number of hydrogen-bond donors (Lipinski definition) is 1. The molecule has 0 spiro atoms. The zero-order valence-electron chi connectivity index (χ0n) is 2.51. The van der Waals surface area contributed by atoms with Crippen LogP contribution in [0.25, 0.3) is 0 Å². The van der Waals surface area contributed by atoms with Crippen LogP contribution in [0.15, 0.2) is 0 Å². The molecule has 2 nitrogen and oxygen atoms in total. The Labute approximate surface area is 42.1 Å². The Hall–Kier alpha value is 0.214. The molecule has 0 fully saturated rings. The normalized spacial score (nSPS) is 5.00. The van der Waals surface area contributed by atoms with Gasteiger partial charge in [-0.25, -0.2) is 0 Å². The van der Waals surface area contributed by atoms with E-state index in [1.807, 2.05) is 0 Å². The van der Waals surface area contributed by atoms with E-state index in [4.69, 9.17) is 9.90 Å². The summed E-state index contributed by atoms with van der Waals surface area (Å²) in [6.07, 6.45) is 1.24. The van der Waals surface area contributed by atoms with Crippen molar-refractivity contribution in [2.75, 3.05) is 6.61 Å². The van der Waals surface area contributed by atoms with Gasteiger partial charge in [-0.15, -0.1) is 0 Å². The third-order valence-electron chi connectivity index (χ3n) is 0.0645. The summed E-state index contributed by atoms with van der Waals surface area (Å²) < 4.78 is 0. The molecule has 0 aromatic rings. The summed E-state index contributed by atoms with van der Waals surface area (Å²) in [6.45, 7) is -0.486. The quantitative estimate of drug-likeness (QED) is 0.474. The van der Waals surface area contributed by atoms with Crippen LogP contribution in [0.4, 0.5) is 0 Å². The fourth-order valence-corrected chi connectivity index (χ4v) is 0. The summed E-state index contributed by atoms with van der Waals surface area (Å²) >= 11 is 0. The van der Waals surface area contributed by atoms with Crippen LogP contribution in [0.5, 0.6) is 0 Å². The Morgan fingerprint density at radius 2 is 2.00 bits per heavy atom. The molecule has 28 valence electrons. The maximum absolute atomic E-state index is 8.80. The summed E-state index contributed by atoms with van der Waals surface area (Å²) in [5.74, 6) is 0. The van der Waals surface area contributed by atoms with Gasteiger partial charge in [0.15, 0.2) is 0 Å². The van der Waals surface area contributed by atoms with Crippen LogP contribution in [-0.2, 0) is 23.4 Å². The van der Waals surface area contributed by atoms with Gasteiger partial charge in [-0.05, 0) is 0 Å².